The zero-order valence-corrected chi connectivity index (χ0v) is 10.6. The third-order valence-electron chi connectivity index (χ3n) is 2.96. The highest BCUT2D eigenvalue weighted by atomic mass is 14.9. The average Bonchev–Trinajstić information content (AvgIpc) is 2.35. The Bertz CT molecular complexity index is 488. The molecule has 17 heavy (non-hydrogen) atoms. The van der Waals surface area contributed by atoms with E-state index in [-0.39, 0.29) is 0 Å². The van der Waals surface area contributed by atoms with Crippen LogP contribution in [0.1, 0.15) is 32.4 Å². The van der Waals surface area contributed by atoms with Crippen LogP contribution in [0.5, 0.6) is 0 Å². The molecule has 0 aliphatic carbocycles. The van der Waals surface area contributed by atoms with E-state index in [0.29, 0.717) is 12.0 Å². The maximum atomic E-state index is 4.46. The summed E-state index contributed by atoms with van der Waals surface area (Å²) in [5.74, 6) is 0.530. The highest BCUT2D eigenvalue weighted by Gasteiger charge is 2.17. The topological polar surface area (TPSA) is 37.8 Å². The zero-order chi connectivity index (χ0) is 12.3. The molecule has 0 aliphatic heterocycles. The van der Waals surface area contributed by atoms with Gasteiger partial charge in [-0.15, -0.1) is 0 Å². The van der Waals surface area contributed by atoms with Crippen LogP contribution in [0.4, 0.5) is 0 Å². The van der Waals surface area contributed by atoms with Gasteiger partial charge in [0.2, 0.25) is 0 Å². The largest absolute Gasteiger partial charge is 0.310 e. The van der Waals surface area contributed by atoms with Gasteiger partial charge in [-0.1, -0.05) is 32.9 Å². The molecule has 0 radical (unpaired) electrons. The van der Waals surface area contributed by atoms with Crippen molar-refractivity contribution in [1.29, 1.82) is 0 Å². The van der Waals surface area contributed by atoms with Gasteiger partial charge in [0.05, 0.1) is 11.0 Å². The van der Waals surface area contributed by atoms with Gasteiger partial charge in [-0.25, -0.2) is 0 Å². The van der Waals surface area contributed by atoms with E-state index in [4.69, 9.17) is 0 Å². The lowest BCUT2D eigenvalue weighted by Crippen LogP contribution is -2.25. The van der Waals surface area contributed by atoms with Crippen molar-refractivity contribution in [3.05, 3.63) is 36.2 Å². The normalized spacial score (nSPS) is 13.2. The molecule has 0 fully saturated rings. The number of nitrogens with one attached hydrogen (secondary N) is 1. The smallest absolute Gasteiger partial charge is 0.0934 e. The predicted molar refractivity (Wildman–Crippen MR) is 70.8 cm³/mol. The first kappa shape index (κ1) is 12.0. The highest BCUT2D eigenvalue weighted by Crippen LogP contribution is 2.26. The quantitative estimate of drug-likeness (QED) is 0.876. The Morgan fingerprint density at radius 2 is 1.94 bits per heavy atom. The maximum absolute atomic E-state index is 4.46. The van der Waals surface area contributed by atoms with E-state index in [1.807, 2.05) is 6.07 Å². The molecule has 0 spiro atoms. The molecule has 3 nitrogen and oxygen atoms in total. The second-order valence-corrected chi connectivity index (χ2v) is 4.55. The Hall–Kier alpha value is -1.48. The van der Waals surface area contributed by atoms with Crippen molar-refractivity contribution in [2.45, 2.75) is 26.8 Å². The maximum Gasteiger partial charge on any atom is 0.0934 e. The van der Waals surface area contributed by atoms with Crippen LogP contribution >= 0.6 is 0 Å². The fourth-order valence-electron chi connectivity index (χ4n) is 2.19. The molecular weight excluding hydrogens is 210 g/mol. The van der Waals surface area contributed by atoms with Crippen LogP contribution in [0.3, 0.4) is 0 Å². The number of benzene rings is 1. The van der Waals surface area contributed by atoms with Crippen LogP contribution < -0.4 is 5.32 Å². The lowest BCUT2D eigenvalue weighted by molar-refractivity contribution is 0.424. The molecule has 1 aromatic carbocycles. The average molecular weight is 229 g/mol. The second kappa shape index (κ2) is 5.23. The summed E-state index contributed by atoms with van der Waals surface area (Å²) in [5, 5.41) is 3.52. The lowest BCUT2D eigenvalue weighted by atomic mass is 9.95. The monoisotopic (exact) mass is 229 g/mol. The lowest BCUT2D eigenvalue weighted by Gasteiger charge is -2.23. The van der Waals surface area contributed by atoms with E-state index in [0.717, 1.165) is 17.6 Å². The molecule has 0 bridgehead atoms. The third kappa shape index (κ3) is 2.44. The molecule has 0 saturated heterocycles. The number of fused-ring (bicyclic) bond motifs is 1. The standard InChI is InChI=1S/C14H19N3/c1-4-15-13(10(2)3)11-6-5-7-12-14(11)17-9-8-16-12/h5-10,13,15H,4H2,1-3H3. The van der Waals surface area contributed by atoms with Gasteiger partial charge in [-0.3, -0.25) is 9.97 Å². The van der Waals surface area contributed by atoms with Gasteiger partial charge in [0, 0.05) is 18.4 Å². The van der Waals surface area contributed by atoms with Gasteiger partial charge in [0.15, 0.2) is 0 Å². The summed E-state index contributed by atoms with van der Waals surface area (Å²) < 4.78 is 0. The van der Waals surface area contributed by atoms with Crippen molar-refractivity contribution in [1.82, 2.24) is 15.3 Å². The summed E-state index contributed by atoms with van der Waals surface area (Å²) in [6, 6.07) is 6.54. The minimum atomic E-state index is 0.334. The minimum absolute atomic E-state index is 0.334. The molecule has 1 unspecified atom stereocenters. The molecule has 0 amide bonds. The number of hydrogen-bond acceptors (Lipinski definition) is 3. The molecular formula is C14H19N3. The van der Waals surface area contributed by atoms with Crippen molar-refractivity contribution in [3.8, 4) is 0 Å². The van der Waals surface area contributed by atoms with Crippen molar-refractivity contribution < 1.29 is 0 Å². The SMILES string of the molecule is CCNC(c1cccc2nccnc12)C(C)C. The van der Waals surface area contributed by atoms with Crippen LogP contribution in [0, 0.1) is 5.92 Å². The first-order valence-electron chi connectivity index (χ1n) is 6.17. The molecule has 3 heteroatoms. The molecule has 0 saturated carbocycles. The van der Waals surface area contributed by atoms with Gasteiger partial charge in [0.25, 0.3) is 0 Å². The summed E-state index contributed by atoms with van der Waals surface area (Å²) >= 11 is 0. The molecule has 1 atom stereocenters. The van der Waals surface area contributed by atoms with Gasteiger partial charge in [-0.05, 0) is 24.1 Å². The molecule has 1 aromatic heterocycles. The van der Waals surface area contributed by atoms with Crippen molar-refractivity contribution in [3.63, 3.8) is 0 Å². The zero-order valence-electron chi connectivity index (χ0n) is 10.6. The van der Waals surface area contributed by atoms with E-state index < -0.39 is 0 Å². The van der Waals surface area contributed by atoms with Crippen LogP contribution in [-0.4, -0.2) is 16.5 Å². The number of rotatable bonds is 4. The van der Waals surface area contributed by atoms with Gasteiger partial charge in [0.1, 0.15) is 0 Å². The van der Waals surface area contributed by atoms with E-state index in [1.165, 1.54) is 5.56 Å². The second-order valence-electron chi connectivity index (χ2n) is 4.55. The van der Waals surface area contributed by atoms with Crippen molar-refractivity contribution >= 4 is 11.0 Å². The Morgan fingerprint density at radius 3 is 2.65 bits per heavy atom. The summed E-state index contributed by atoms with van der Waals surface area (Å²) in [5.41, 5.74) is 3.22. The van der Waals surface area contributed by atoms with Gasteiger partial charge >= 0.3 is 0 Å². The van der Waals surface area contributed by atoms with E-state index in [1.54, 1.807) is 12.4 Å². The third-order valence-corrected chi connectivity index (χ3v) is 2.96. The van der Waals surface area contributed by atoms with Gasteiger partial charge in [-0.2, -0.15) is 0 Å². The molecule has 2 aromatic rings. The van der Waals surface area contributed by atoms with Crippen LogP contribution in [0.2, 0.25) is 0 Å². The number of aromatic nitrogens is 2. The Morgan fingerprint density at radius 1 is 1.18 bits per heavy atom. The Kier molecular flexibility index (Phi) is 3.69. The first-order chi connectivity index (χ1) is 8.24. The van der Waals surface area contributed by atoms with Crippen LogP contribution in [0.15, 0.2) is 30.6 Å². The van der Waals surface area contributed by atoms with E-state index in [2.05, 4.69) is 48.2 Å². The minimum Gasteiger partial charge on any atom is -0.310 e. The number of hydrogen-bond donors (Lipinski definition) is 1. The fraction of sp³-hybridized carbons (Fsp3) is 0.429. The number of para-hydroxylation sites is 1. The predicted octanol–water partition coefficient (Wildman–Crippen LogP) is 2.94. The van der Waals surface area contributed by atoms with Crippen LogP contribution in [-0.2, 0) is 0 Å². The molecule has 0 aliphatic rings. The Labute approximate surface area is 102 Å². The highest BCUT2D eigenvalue weighted by molar-refractivity contribution is 5.78. The van der Waals surface area contributed by atoms with E-state index in [9.17, 15) is 0 Å². The molecule has 90 valence electrons. The summed E-state index contributed by atoms with van der Waals surface area (Å²) in [6.45, 7) is 7.54. The summed E-state index contributed by atoms with van der Waals surface area (Å²) in [6.07, 6.45) is 3.50. The van der Waals surface area contributed by atoms with E-state index >= 15 is 0 Å². The summed E-state index contributed by atoms with van der Waals surface area (Å²) in [4.78, 5) is 8.82. The molecule has 1 heterocycles. The Balaban J connectivity index is 2.52. The first-order valence-corrected chi connectivity index (χ1v) is 6.17. The fourth-order valence-corrected chi connectivity index (χ4v) is 2.19. The van der Waals surface area contributed by atoms with Gasteiger partial charge < -0.3 is 5.32 Å². The molecule has 2 rings (SSSR count). The van der Waals surface area contributed by atoms with Crippen molar-refractivity contribution in [2.24, 2.45) is 5.92 Å². The summed E-state index contributed by atoms with van der Waals surface area (Å²) in [7, 11) is 0. The van der Waals surface area contributed by atoms with Crippen molar-refractivity contribution in [2.75, 3.05) is 6.54 Å². The van der Waals surface area contributed by atoms with Crippen LogP contribution in [0.25, 0.3) is 11.0 Å². The number of nitrogens with zero attached hydrogens (tertiary/aromatic N) is 2. The molecule has 1 N–H and O–H groups in total.